The average molecular weight is 371 g/mol. The zero-order valence-corrected chi connectivity index (χ0v) is 15.0. The number of sulfonamides is 1. The molecule has 3 rings (SSSR count). The molecule has 0 saturated carbocycles. The fraction of sp³-hybridized carbons (Fsp3) is 0.111. The topological polar surface area (TPSA) is 90.4 Å². The van der Waals surface area contributed by atoms with E-state index in [4.69, 9.17) is 9.47 Å². The Kier molecular flexibility index (Phi) is 5.04. The molecule has 0 aliphatic rings. The number of nitrogens with zero attached hydrogens (tertiary/aromatic N) is 2. The quantitative estimate of drug-likeness (QED) is 0.716. The molecule has 3 aromatic rings. The number of nitrogens with one attached hydrogen (secondary N) is 1. The Morgan fingerprint density at radius 3 is 2.42 bits per heavy atom. The van der Waals surface area contributed by atoms with E-state index in [1.165, 1.54) is 18.3 Å². The number of hydrogen-bond acceptors (Lipinski definition) is 6. The van der Waals surface area contributed by atoms with Crippen LogP contribution in [-0.4, -0.2) is 32.6 Å². The maximum atomic E-state index is 12.4. The SMILES string of the molecule is COc1ccc(OC)c(-c2ccnc(NS(=O)(=O)c3ccccc3)n2)c1. The lowest BCUT2D eigenvalue weighted by molar-refractivity contribution is 0.404. The number of methoxy groups -OCH3 is 2. The molecule has 7 nitrogen and oxygen atoms in total. The van der Waals surface area contributed by atoms with Crippen LogP contribution >= 0.6 is 0 Å². The number of ether oxygens (including phenoxy) is 2. The predicted octanol–water partition coefficient (Wildman–Crippen LogP) is 2.96. The molecule has 1 aromatic heterocycles. The normalized spacial score (nSPS) is 11.0. The molecule has 0 atom stereocenters. The standard InChI is InChI=1S/C18H17N3O4S/c1-24-13-8-9-17(25-2)15(12-13)16-10-11-19-18(20-16)21-26(22,23)14-6-4-3-5-7-14/h3-12H,1-2H3,(H,19,20,21). The fourth-order valence-electron chi connectivity index (χ4n) is 2.35. The third kappa shape index (κ3) is 3.75. The molecule has 26 heavy (non-hydrogen) atoms. The fourth-order valence-corrected chi connectivity index (χ4v) is 3.32. The smallest absolute Gasteiger partial charge is 0.264 e. The summed E-state index contributed by atoms with van der Waals surface area (Å²) in [7, 11) is -0.664. The van der Waals surface area contributed by atoms with Gasteiger partial charge in [-0.15, -0.1) is 0 Å². The van der Waals surface area contributed by atoms with Gasteiger partial charge in [-0.25, -0.2) is 23.1 Å². The highest BCUT2D eigenvalue weighted by atomic mass is 32.2. The van der Waals surface area contributed by atoms with Gasteiger partial charge in [0.2, 0.25) is 5.95 Å². The second kappa shape index (κ2) is 7.40. The number of aromatic nitrogens is 2. The molecule has 0 aliphatic carbocycles. The molecule has 0 unspecified atom stereocenters. The highest BCUT2D eigenvalue weighted by Gasteiger charge is 2.16. The summed E-state index contributed by atoms with van der Waals surface area (Å²) in [6.45, 7) is 0. The summed E-state index contributed by atoms with van der Waals surface area (Å²) in [4.78, 5) is 8.43. The van der Waals surface area contributed by atoms with Gasteiger partial charge in [0.1, 0.15) is 11.5 Å². The van der Waals surface area contributed by atoms with E-state index in [0.29, 0.717) is 22.8 Å². The lowest BCUT2D eigenvalue weighted by atomic mass is 10.1. The lowest BCUT2D eigenvalue weighted by Crippen LogP contribution is -2.15. The summed E-state index contributed by atoms with van der Waals surface area (Å²) in [5.74, 6) is 1.18. The van der Waals surface area contributed by atoms with Crippen LogP contribution < -0.4 is 14.2 Å². The first-order valence-electron chi connectivity index (χ1n) is 7.67. The maximum absolute atomic E-state index is 12.4. The van der Waals surface area contributed by atoms with Crippen LogP contribution in [0.2, 0.25) is 0 Å². The monoisotopic (exact) mass is 371 g/mol. The highest BCUT2D eigenvalue weighted by Crippen LogP contribution is 2.32. The molecule has 2 aromatic carbocycles. The van der Waals surface area contributed by atoms with Gasteiger partial charge in [0.05, 0.1) is 24.8 Å². The van der Waals surface area contributed by atoms with E-state index in [0.717, 1.165) is 0 Å². The summed E-state index contributed by atoms with van der Waals surface area (Å²) in [5, 5.41) is 0. The number of benzene rings is 2. The molecule has 0 bridgehead atoms. The van der Waals surface area contributed by atoms with Crippen molar-refractivity contribution < 1.29 is 17.9 Å². The van der Waals surface area contributed by atoms with Crippen LogP contribution in [0.1, 0.15) is 0 Å². The van der Waals surface area contributed by atoms with Crippen molar-refractivity contribution in [2.45, 2.75) is 4.90 Å². The maximum Gasteiger partial charge on any atom is 0.264 e. The van der Waals surface area contributed by atoms with Crippen molar-refractivity contribution >= 4 is 16.0 Å². The third-order valence-corrected chi connectivity index (χ3v) is 4.96. The molecule has 0 radical (unpaired) electrons. The van der Waals surface area contributed by atoms with E-state index in [-0.39, 0.29) is 10.8 Å². The van der Waals surface area contributed by atoms with Crippen LogP contribution in [0.5, 0.6) is 11.5 Å². The molecular weight excluding hydrogens is 354 g/mol. The predicted molar refractivity (Wildman–Crippen MR) is 97.8 cm³/mol. The second-order valence-corrected chi connectivity index (χ2v) is 6.93. The van der Waals surface area contributed by atoms with Gasteiger partial charge in [0, 0.05) is 11.8 Å². The van der Waals surface area contributed by atoms with Crippen molar-refractivity contribution in [3.63, 3.8) is 0 Å². The van der Waals surface area contributed by atoms with Gasteiger partial charge in [-0.05, 0) is 36.4 Å². The van der Waals surface area contributed by atoms with Crippen LogP contribution in [0.3, 0.4) is 0 Å². The van der Waals surface area contributed by atoms with Crippen molar-refractivity contribution in [1.29, 1.82) is 0 Å². The summed E-state index contributed by atoms with van der Waals surface area (Å²) < 4.78 is 37.9. The van der Waals surface area contributed by atoms with Crippen LogP contribution in [-0.2, 0) is 10.0 Å². The van der Waals surface area contributed by atoms with Gasteiger partial charge in [0.15, 0.2) is 0 Å². The Bertz CT molecular complexity index is 1010. The van der Waals surface area contributed by atoms with E-state index < -0.39 is 10.0 Å². The molecule has 0 aliphatic heterocycles. The molecular formula is C18H17N3O4S. The summed E-state index contributed by atoms with van der Waals surface area (Å²) in [5.41, 5.74) is 1.16. The number of hydrogen-bond donors (Lipinski definition) is 1. The van der Waals surface area contributed by atoms with Crippen molar-refractivity contribution in [1.82, 2.24) is 9.97 Å². The Hall–Kier alpha value is -3.13. The first-order valence-corrected chi connectivity index (χ1v) is 9.15. The molecule has 134 valence electrons. The largest absolute Gasteiger partial charge is 0.497 e. The minimum Gasteiger partial charge on any atom is -0.497 e. The first-order chi connectivity index (χ1) is 12.5. The van der Waals surface area contributed by atoms with Crippen LogP contribution in [0.25, 0.3) is 11.3 Å². The molecule has 8 heteroatoms. The lowest BCUT2D eigenvalue weighted by Gasteiger charge is -2.11. The van der Waals surface area contributed by atoms with Crippen molar-refractivity contribution in [3.05, 3.63) is 60.8 Å². The zero-order valence-electron chi connectivity index (χ0n) is 14.2. The van der Waals surface area contributed by atoms with E-state index in [1.807, 2.05) is 0 Å². The Morgan fingerprint density at radius 2 is 1.73 bits per heavy atom. The first kappa shape index (κ1) is 17.7. The third-order valence-electron chi connectivity index (χ3n) is 3.62. The van der Waals surface area contributed by atoms with E-state index in [1.54, 1.807) is 56.7 Å². The Morgan fingerprint density at radius 1 is 0.962 bits per heavy atom. The molecule has 1 N–H and O–H groups in total. The minimum atomic E-state index is -3.77. The molecule has 0 amide bonds. The van der Waals surface area contributed by atoms with Gasteiger partial charge in [-0.3, -0.25) is 0 Å². The summed E-state index contributed by atoms with van der Waals surface area (Å²) >= 11 is 0. The van der Waals surface area contributed by atoms with Gasteiger partial charge in [-0.1, -0.05) is 18.2 Å². The van der Waals surface area contributed by atoms with E-state index in [9.17, 15) is 8.42 Å². The molecule has 0 fully saturated rings. The summed E-state index contributed by atoms with van der Waals surface area (Å²) in [6, 6.07) is 15.0. The summed E-state index contributed by atoms with van der Waals surface area (Å²) in [6.07, 6.45) is 1.48. The van der Waals surface area contributed by atoms with Gasteiger partial charge in [0.25, 0.3) is 10.0 Å². The van der Waals surface area contributed by atoms with Crippen molar-refractivity contribution in [2.24, 2.45) is 0 Å². The van der Waals surface area contributed by atoms with Crippen LogP contribution in [0.4, 0.5) is 5.95 Å². The Labute approximate surface area is 151 Å². The highest BCUT2D eigenvalue weighted by molar-refractivity contribution is 7.92. The van der Waals surface area contributed by atoms with Gasteiger partial charge >= 0.3 is 0 Å². The van der Waals surface area contributed by atoms with Crippen molar-refractivity contribution in [3.8, 4) is 22.8 Å². The minimum absolute atomic E-state index is 0.0313. The van der Waals surface area contributed by atoms with E-state index in [2.05, 4.69) is 14.7 Å². The van der Waals surface area contributed by atoms with Crippen molar-refractivity contribution in [2.75, 3.05) is 18.9 Å². The average Bonchev–Trinajstić information content (AvgIpc) is 2.68. The van der Waals surface area contributed by atoms with Gasteiger partial charge in [-0.2, -0.15) is 0 Å². The number of anilines is 1. The van der Waals surface area contributed by atoms with Crippen LogP contribution in [0, 0.1) is 0 Å². The second-order valence-electron chi connectivity index (χ2n) is 5.25. The van der Waals surface area contributed by atoms with E-state index >= 15 is 0 Å². The van der Waals surface area contributed by atoms with Gasteiger partial charge < -0.3 is 9.47 Å². The zero-order chi connectivity index (χ0) is 18.6. The molecule has 0 spiro atoms. The number of rotatable bonds is 6. The molecule has 1 heterocycles. The van der Waals surface area contributed by atoms with Crippen LogP contribution in [0.15, 0.2) is 65.7 Å². The molecule has 0 saturated heterocycles. The Balaban J connectivity index is 1.97.